The van der Waals surface area contributed by atoms with Crippen LogP contribution in [0.1, 0.15) is 149 Å². The van der Waals surface area contributed by atoms with Gasteiger partial charge in [0.05, 0.1) is 29.7 Å². The van der Waals surface area contributed by atoms with Crippen LogP contribution in [-0.2, 0) is 14.2 Å². The highest BCUT2D eigenvalue weighted by molar-refractivity contribution is 8.76. The summed E-state index contributed by atoms with van der Waals surface area (Å²) in [6.07, 6.45) is 14.9. The van der Waals surface area contributed by atoms with E-state index in [2.05, 4.69) is 0 Å². The van der Waals surface area contributed by atoms with Gasteiger partial charge in [0.1, 0.15) is 47.1 Å². The van der Waals surface area contributed by atoms with Gasteiger partial charge in [-0.3, -0.25) is 4.79 Å². The van der Waals surface area contributed by atoms with Gasteiger partial charge in [-0.2, -0.15) is 0 Å². The van der Waals surface area contributed by atoms with E-state index in [9.17, 15) is 45.3 Å². The van der Waals surface area contributed by atoms with Gasteiger partial charge in [0, 0.05) is 35.3 Å². The molecule has 15 heteroatoms. The summed E-state index contributed by atoms with van der Waals surface area (Å²) in [5.41, 5.74) is -0.734. The minimum Gasteiger partial charge on any atom is -0.507 e. The third-order valence-corrected chi connectivity index (χ3v) is 21.7. The molecule has 12 atom stereocenters. The summed E-state index contributed by atoms with van der Waals surface area (Å²) < 4.78 is 25.9. The Balaban J connectivity index is 0.971. The van der Waals surface area contributed by atoms with Crippen LogP contribution in [0.4, 0.5) is 0 Å². The Morgan fingerprint density at radius 2 is 1.58 bits per heavy atom. The molecule has 0 amide bonds. The Hall–Kier alpha value is -2.34. The summed E-state index contributed by atoms with van der Waals surface area (Å²) in [6.45, 7) is 3.39. The van der Waals surface area contributed by atoms with Crippen LogP contribution in [0, 0.1) is 51.8 Å². The fourth-order valence-corrected chi connectivity index (χ4v) is 19.2. The number of phenolic OH excluding ortho intramolecular Hbond substituents is 2. The van der Waals surface area contributed by atoms with Crippen LogP contribution in [0.25, 0.3) is 10.8 Å². The zero-order chi connectivity index (χ0) is 46.4. The predicted molar refractivity (Wildman–Crippen MR) is 250 cm³/mol. The minimum absolute atomic E-state index is 0.0538. The zero-order valence-electron chi connectivity index (χ0n) is 38.6. The molecule has 0 unspecified atom stereocenters. The van der Waals surface area contributed by atoms with Crippen molar-refractivity contribution in [2.75, 3.05) is 38.1 Å². The number of carboxylic acids is 1. The highest BCUT2D eigenvalue weighted by atomic mass is 33.1. The van der Waals surface area contributed by atoms with E-state index >= 15 is 0 Å². The smallest absolute Gasteiger partial charge is 0.335 e. The number of rotatable bonds is 7. The molecule has 5 aliphatic carbocycles. The Labute approximate surface area is 395 Å². The predicted octanol–water partition coefficient (Wildman–Crippen LogP) is 8.28. The third kappa shape index (κ3) is 7.44. The average Bonchev–Trinajstić information content (AvgIpc) is 4.08. The monoisotopic (exact) mass is 954 g/mol. The SMILES string of the molecule is CC(=O)c1c(C)c(O)c2cc(C(=O)O)cc(O[C@@H]3O[C@H](CO)[C@]4(CC[C@@H]5C[C@@]6(CC[C@]7(CCC[C@]78CCC7(CCCC7)C8)C6)C[C@@H]6COC[C@@](CCO)(CSSCO4)[C@@H]56)[C@H](O)[C@H]3O)c2c1O. The molecule has 3 saturated heterocycles. The van der Waals surface area contributed by atoms with E-state index < -0.39 is 60.1 Å². The highest BCUT2D eigenvalue weighted by Crippen LogP contribution is 2.77. The first kappa shape index (κ1) is 47.3. The maximum Gasteiger partial charge on any atom is 0.335 e. The van der Waals surface area contributed by atoms with E-state index in [-0.39, 0.29) is 74.8 Å². The molecule has 2 aromatic carbocycles. The molecule has 364 valence electrons. The number of phenols is 2. The molecule has 66 heavy (non-hydrogen) atoms. The molecule has 5 saturated carbocycles. The lowest BCUT2D eigenvalue weighted by Gasteiger charge is -2.58. The van der Waals surface area contributed by atoms with E-state index in [4.69, 9.17) is 18.9 Å². The summed E-state index contributed by atoms with van der Waals surface area (Å²) in [5.74, 6) is -1.56. The molecule has 3 aliphatic heterocycles. The normalized spacial score (nSPS) is 41.0. The number of carbonyl (C=O) groups is 2. The number of carboxylic acid groups (broad SMARTS) is 1. The number of carbonyl (C=O) groups excluding carboxylic acids is 1. The first-order valence-electron chi connectivity index (χ1n) is 24.7. The summed E-state index contributed by atoms with van der Waals surface area (Å²) in [6, 6.07) is 2.26. The molecule has 10 rings (SSSR count). The van der Waals surface area contributed by atoms with Gasteiger partial charge in [0.15, 0.2) is 5.78 Å². The molecule has 0 bridgehead atoms. The van der Waals surface area contributed by atoms with Crippen molar-refractivity contribution in [3.63, 3.8) is 0 Å². The molecule has 8 fully saturated rings. The molecule has 0 radical (unpaired) electrons. The largest absolute Gasteiger partial charge is 0.507 e. The van der Waals surface area contributed by atoms with Crippen molar-refractivity contribution >= 4 is 44.1 Å². The molecular formula is C51H70O13S2. The van der Waals surface area contributed by atoms with E-state index in [1.165, 1.54) is 108 Å². The summed E-state index contributed by atoms with van der Waals surface area (Å²) in [5, 5.41) is 78.8. The summed E-state index contributed by atoms with van der Waals surface area (Å²) >= 11 is 0. The molecule has 3 heterocycles. The highest BCUT2D eigenvalue weighted by Gasteiger charge is 2.67. The average molecular weight is 955 g/mol. The second kappa shape index (κ2) is 17.5. The number of hydrogen-bond donors (Lipinski definition) is 7. The first-order valence-corrected chi connectivity index (χ1v) is 27.2. The van der Waals surface area contributed by atoms with Crippen molar-refractivity contribution in [1.29, 1.82) is 0 Å². The second-order valence-electron chi connectivity index (χ2n) is 22.6. The van der Waals surface area contributed by atoms with Crippen molar-refractivity contribution in [3.8, 4) is 17.2 Å². The molecule has 13 nitrogen and oxygen atoms in total. The van der Waals surface area contributed by atoms with Gasteiger partial charge < -0.3 is 54.7 Å². The number of fused-ring (bicyclic) bond motifs is 2. The number of aromatic carboxylic acids is 1. The Bertz CT molecular complexity index is 2210. The van der Waals surface area contributed by atoms with E-state index in [0.717, 1.165) is 30.7 Å². The number of Topliss-reactive ketones (excluding diaryl/α,β-unsaturated/α-hetero) is 1. The van der Waals surface area contributed by atoms with Crippen molar-refractivity contribution in [1.82, 2.24) is 0 Å². The number of aliphatic hydroxyl groups excluding tert-OH is 4. The second-order valence-corrected chi connectivity index (χ2v) is 25.0. The standard InChI is InChI=1S/C51H70O13S2/c1-29-37(30(2)54)41(56)38-34(40(29)55)18-32(44(59)60)19-35(38)63-45-42(57)43(58)51(36(22-53)64-45)11-6-31-20-47(21-33-23-61-26-48(16-17-52,39(31)33)27-65-66-28-62-51)13-15-50(25-47)10-5-9-49(50)14-12-46(24-49)7-3-4-8-46/h18-19,31,33,36,39,42-43,45,52-53,55-58H,3-17,20-28H2,1-2H3,(H,59,60)/t31-,33-,36-,39+,42-,43-,45-,47+,48+,49-,50-,51-/m1/s1. The van der Waals surface area contributed by atoms with E-state index in [1.54, 1.807) is 10.8 Å². The van der Waals surface area contributed by atoms with Gasteiger partial charge in [-0.1, -0.05) is 40.9 Å². The Morgan fingerprint density at radius 3 is 2.27 bits per heavy atom. The van der Waals surface area contributed by atoms with Crippen LogP contribution >= 0.6 is 21.6 Å². The van der Waals surface area contributed by atoms with E-state index in [0.29, 0.717) is 48.2 Å². The summed E-state index contributed by atoms with van der Waals surface area (Å²) in [7, 11) is 3.15. The van der Waals surface area contributed by atoms with Crippen molar-refractivity contribution in [3.05, 3.63) is 28.8 Å². The topological polar surface area (TPSA) is 213 Å². The zero-order valence-corrected chi connectivity index (χ0v) is 40.2. The van der Waals surface area contributed by atoms with Crippen LogP contribution < -0.4 is 4.74 Å². The number of aliphatic hydroxyl groups is 4. The Morgan fingerprint density at radius 1 is 0.864 bits per heavy atom. The van der Waals surface area contributed by atoms with E-state index in [1.807, 2.05) is 0 Å². The third-order valence-electron chi connectivity index (χ3n) is 19.5. The number of aromatic hydroxyl groups is 2. The van der Waals surface area contributed by atoms with Crippen LogP contribution in [0.5, 0.6) is 17.2 Å². The van der Waals surface area contributed by atoms with Gasteiger partial charge in [0.25, 0.3) is 0 Å². The maximum atomic E-state index is 12.7. The van der Waals surface area contributed by atoms with Crippen LogP contribution in [0.3, 0.4) is 0 Å². The number of benzene rings is 2. The van der Waals surface area contributed by atoms with Gasteiger partial charge in [-0.25, -0.2) is 4.79 Å². The number of ketones is 1. The molecular weight excluding hydrogens is 885 g/mol. The van der Waals surface area contributed by atoms with Gasteiger partial charge in [-0.05, 0) is 162 Å². The maximum absolute atomic E-state index is 12.7. The van der Waals surface area contributed by atoms with Crippen LogP contribution in [-0.4, -0.2) is 116 Å². The molecule has 0 aromatic heterocycles. The fourth-order valence-electron chi connectivity index (χ4n) is 16.8. The van der Waals surface area contributed by atoms with Gasteiger partial charge >= 0.3 is 5.97 Å². The lowest BCUT2D eigenvalue weighted by Crippen LogP contribution is -2.69. The van der Waals surface area contributed by atoms with Crippen molar-refractivity contribution in [2.45, 2.75) is 160 Å². The number of ether oxygens (including phenoxy) is 4. The fraction of sp³-hybridized carbons (Fsp3) is 0.765. The lowest BCUT2D eigenvalue weighted by molar-refractivity contribution is -0.323. The molecule has 5 spiro atoms. The molecule has 2 aromatic rings. The summed E-state index contributed by atoms with van der Waals surface area (Å²) in [4.78, 5) is 25.0. The van der Waals surface area contributed by atoms with Crippen LogP contribution in [0.15, 0.2) is 12.1 Å². The van der Waals surface area contributed by atoms with Crippen molar-refractivity contribution < 1.29 is 64.3 Å². The van der Waals surface area contributed by atoms with Crippen molar-refractivity contribution in [2.24, 2.45) is 44.8 Å². The minimum atomic E-state index is -1.78. The number of hydrogen-bond acceptors (Lipinski definition) is 14. The van der Waals surface area contributed by atoms with Gasteiger partial charge in [-0.15, -0.1) is 0 Å². The van der Waals surface area contributed by atoms with Crippen LogP contribution in [0.2, 0.25) is 0 Å². The lowest BCUT2D eigenvalue weighted by atomic mass is 9.50. The molecule has 7 N–H and O–H groups in total. The first-order chi connectivity index (χ1) is 31.6. The van der Waals surface area contributed by atoms with Gasteiger partial charge in [0.2, 0.25) is 6.29 Å². The molecule has 8 aliphatic rings. The Kier molecular flexibility index (Phi) is 12.6. The quantitative estimate of drug-likeness (QED) is 0.0791.